The van der Waals surface area contributed by atoms with Crippen LogP contribution in [-0.2, 0) is 10.0 Å². The Morgan fingerprint density at radius 2 is 1.84 bits per heavy atom. The van der Waals surface area contributed by atoms with Crippen molar-refractivity contribution in [1.29, 1.82) is 0 Å². The minimum atomic E-state index is -3.86. The van der Waals surface area contributed by atoms with Crippen LogP contribution in [0.3, 0.4) is 0 Å². The number of nitrogens with zero attached hydrogens (tertiary/aromatic N) is 2. The van der Waals surface area contributed by atoms with Gasteiger partial charge in [-0.15, -0.1) is 0 Å². The molecule has 0 saturated carbocycles. The van der Waals surface area contributed by atoms with Gasteiger partial charge in [0.15, 0.2) is 11.5 Å². The van der Waals surface area contributed by atoms with Gasteiger partial charge in [-0.25, -0.2) is 8.42 Å². The molecule has 0 aliphatic carbocycles. The second kappa shape index (κ2) is 9.38. The molecule has 0 atom stereocenters. The molecule has 32 heavy (non-hydrogen) atoms. The number of hydrogen-bond acceptors (Lipinski definition) is 6. The van der Waals surface area contributed by atoms with Gasteiger partial charge in [0.25, 0.3) is 15.9 Å². The number of rotatable bonds is 6. The molecule has 0 spiro atoms. The molecule has 2 aliphatic rings. The number of benzene rings is 2. The minimum Gasteiger partial charge on any atom is -0.454 e. The summed E-state index contributed by atoms with van der Waals surface area (Å²) in [6.07, 6.45) is 2.03. The Balaban J connectivity index is 1.52. The average Bonchev–Trinajstić information content (AvgIpc) is 3.12. The largest absolute Gasteiger partial charge is 0.454 e. The van der Waals surface area contributed by atoms with Gasteiger partial charge in [-0.1, -0.05) is 13.0 Å². The number of carbonyl (C=O) groups excluding carboxylic acids is 1. The summed E-state index contributed by atoms with van der Waals surface area (Å²) in [5.74, 6) is 0.835. The highest BCUT2D eigenvalue weighted by Gasteiger charge is 2.23. The van der Waals surface area contributed by atoms with Crippen molar-refractivity contribution >= 4 is 21.6 Å². The van der Waals surface area contributed by atoms with Crippen molar-refractivity contribution in [3.63, 3.8) is 0 Å². The molecule has 0 unspecified atom stereocenters. The number of amides is 1. The molecule has 172 valence electrons. The summed E-state index contributed by atoms with van der Waals surface area (Å²) in [6.45, 7) is 8.30. The van der Waals surface area contributed by atoms with Gasteiger partial charge in [-0.2, -0.15) is 0 Å². The third-order valence-electron chi connectivity index (χ3n) is 5.80. The average molecular weight is 460 g/mol. The van der Waals surface area contributed by atoms with E-state index in [2.05, 4.69) is 16.5 Å². The molecular weight excluding hydrogens is 430 g/mol. The van der Waals surface area contributed by atoms with Crippen molar-refractivity contribution in [2.75, 3.05) is 44.2 Å². The zero-order chi connectivity index (χ0) is 22.7. The molecule has 0 radical (unpaired) electrons. The zero-order valence-electron chi connectivity index (χ0n) is 18.5. The molecule has 8 nitrogen and oxygen atoms in total. The fourth-order valence-corrected chi connectivity index (χ4v) is 5.15. The normalized spacial score (nSPS) is 16.6. The van der Waals surface area contributed by atoms with Crippen LogP contribution in [-0.4, -0.2) is 63.6 Å². The van der Waals surface area contributed by atoms with Gasteiger partial charge in [0, 0.05) is 31.3 Å². The Hall–Kier alpha value is -2.78. The van der Waals surface area contributed by atoms with E-state index in [4.69, 9.17) is 9.47 Å². The summed E-state index contributed by atoms with van der Waals surface area (Å²) < 4.78 is 39.1. The van der Waals surface area contributed by atoms with Crippen molar-refractivity contribution in [2.24, 2.45) is 0 Å². The lowest BCUT2D eigenvalue weighted by Crippen LogP contribution is -2.35. The van der Waals surface area contributed by atoms with E-state index in [1.807, 2.05) is 4.90 Å². The van der Waals surface area contributed by atoms with Gasteiger partial charge in [-0.3, -0.25) is 9.52 Å². The SMILES string of the molecule is CCCN1CCCN(C(=O)c2ccc(C)c(NS(=O)(=O)c3ccc4c(c3)OCO4)c2)CC1. The predicted molar refractivity (Wildman–Crippen MR) is 122 cm³/mol. The van der Waals surface area contributed by atoms with E-state index in [0.29, 0.717) is 35.8 Å². The number of nitrogens with one attached hydrogen (secondary N) is 1. The van der Waals surface area contributed by atoms with E-state index in [-0.39, 0.29) is 17.6 Å². The van der Waals surface area contributed by atoms with Gasteiger partial charge < -0.3 is 19.3 Å². The van der Waals surface area contributed by atoms with Crippen LogP contribution >= 0.6 is 0 Å². The molecule has 2 aliphatic heterocycles. The highest BCUT2D eigenvalue weighted by molar-refractivity contribution is 7.92. The van der Waals surface area contributed by atoms with E-state index >= 15 is 0 Å². The molecule has 1 saturated heterocycles. The first-order chi connectivity index (χ1) is 15.4. The first kappa shape index (κ1) is 22.4. The third kappa shape index (κ3) is 4.83. The number of fused-ring (bicyclic) bond motifs is 1. The highest BCUT2D eigenvalue weighted by atomic mass is 32.2. The number of anilines is 1. The van der Waals surface area contributed by atoms with Crippen LogP contribution in [0.2, 0.25) is 0 Å². The summed E-state index contributed by atoms with van der Waals surface area (Å²) >= 11 is 0. The molecule has 1 fully saturated rings. The molecule has 2 heterocycles. The third-order valence-corrected chi connectivity index (χ3v) is 7.16. The van der Waals surface area contributed by atoms with E-state index in [0.717, 1.165) is 38.0 Å². The molecule has 1 N–H and O–H groups in total. The van der Waals surface area contributed by atoms with Gasteiger partial charge in [0.05, 0.1) is 10.6 Å². The zero-order valence-corrected chi connectivity index (χ0v) is 19.3. The second-order valence-corrected chi connectivity index (χ2v) is 9.82. The monoisotopic (exact) mass is 459 g/mol. The van der Waals surface area contributed by atoms with Crippen LogP contribution in [0.25, 0.3) is 0 Å². The van der Waals surface area contributed by atoms with Crippen LogP contribution in [0, 0.1) is 6.92 Å². The van der Waals surface area contributed by atoms with Crippen molar-refractivity contribution in [2.45, 2.75) is 31.6 Å². The summed E-state index contributed by atoms with van der Waals surface area (Å²) in [7, 11) is -3.86. The highest BCUT2D eigenvalue weighted by Crippen LogP contribution is 2.34. The number of carbonyl (C=O) groups is 1. The standard InChI is InChI=1S/C23H29N3O5S/c1-3-9-25-10-4-11-26(13-12-25)23(27)18-6-5-17(2)20(14-18)24-32(28,29)19-7-8-21-22(15-19)31-16-30-21/h5-8,14-15,24H,3-4,9-13,16H2,1-2H3. The fraction of sp³-hybridized carbons (Fsp3) is 0.435. The lowest BCUT2D eigenvalue weighted by atomic mass is 10.1. The Labute approximate surface area is 189 Å². The van der Waals surface area contributed by atoms with Gasteiger partial charge in [0.1, 0.15) is 0 Å². The maximum atomic E-state index is 13.1. The second-order valence-electron chi connectivity index (χ2n) is 8.14. The molecule has 9 heteroatoms. The number of aryl methyl sites for hydroxylation is 1. The molecule has 1 amide bonds. The quantitative estimate of drug-likeness (QED) is 0.714. The van der Waals surface area contributed by atoms with Crippen LogP contribution in [0.4, 0.5) is 5.69 Å². The van der Waals surface area contributed by atoms with Gasteiger partial charge in [-0.05, 0) is 62.7 Å². The van der Waals surface area contributed by atoms with Gasteiger partial charge in [0.2, 0.25) is 6.79 Å². The number of hydrogen-bond donors (Lipinski definition) is 1. The lowest BCUT2D eigenvalue weighted by Gasteiger charge is -2.22. The van der Waals surface area contributed by atoms with Crippen LogP contribution < -0.4 is 14.2 Å². The predicted octanol–water partition coefficient (Wildman–Crippen LogP) is 3.08. The first-order valence-electron chi connectivity index (χ1n) is 10.9. The van der Waals surface area contributed by atoms with Crippen LogP contribution in [0.5, 0.6) is 11.5 Å². The van der Waals surface area contributed by atoms with Crippen molar-refractivity contribution in [3.05, 3.63) is 47.5 Å². The molecule has 2 aromatic rings. The Morgan fingerprint density at radius 1 is 1.03 bits per heavy atom. The van der Waals surface area contributed by atoms with Crippen molar-refractivity contribution < 1.29 is 22.7 Å². The smallest absolute Gasteiger partial charge is 0.262 e. The maximum absolute atomic E-state index is 13.1. The molecule has 4 rings (SSSR count). The molecule has 0 aromatic heterocycles. The Morgan fingerprint density at radius 3 is 2.66 bits per heavy atom. The van der Waals surface area contributed by atoms with E-state index in [1.54, 1.807) is 31.2 Å². The molecule has 0 bridgehead atoms. The van der Waals surface area contributed by atoms with E-state index in [9.17, 15) is 13.2 Å². The Kier molecular flexibility index (Phi) is 6.57. The summed E-state index contributed by atoms with van der Waals surface area (Å²) in [5.41, 5.74) is 1.59. The summed E-state index contributed by atoms with van der Waals surface area (Å²) in [6, 6.07) is 9.63. The maximum Gasteiger partial charge on any atom is 0.262 e. The number of ether oxygens (including phenoxy) is 2. The Bertz CT molecular complexity index is 1100. The molecular formula is C23H29N3O5S. The van der Waals surface area contributed by atoms with Crippen molar-refractivity contribution in [3.8, 4) is 11.5 Å². The van der Waals surface area contributed by atoms with Crippen LogP contribution in [0.1, 0.15) is 35.7 Å². The lowest BCUT2D eigenvalue weighted by molar-refractivity contribution is 0.0761. The first-order valence-corrected chi connectivity index (χ1v) is 12.4. The topological polar surface area (TPSA) is 88.2 Å². The van der Waals surface area contributed by atoms with Crippen LogP contribution in [0.15, 0.2) is 41.3 Å². The summed E-state index contributed by atoms with van der Waals surface area (Å²) in [5, 5.41) is 0. The summed E-state index contributed by atoms with van der Waals surface area (Å²) in [4.78, 5) is 17.5. The van der Waals surface area contributed by atoms with Crippen molar-refractivity contribution in [1.82, 2.24) is 9.80 Å². The minimum absolute atomic E-state index is 0.0708. The molecule has 2 aromatic carbocycles. The fourth-order valence-electron chi connectivity index (χ4n) is 4.01. The number of sulfonamides is 1. The van der Waals surface area contributed by atoms with E-state index < -0.39 is 10.0 Å². The van der Waals surface area contributed by atoms with Gasteiger partial charge >= 0.3 is 0 Å². The van der Waals surface area contributed by atoms with E-state index in [1.165, 1.54) is 12.1 Å².